The molecule has 5 fully saturated rings. The summed E-state index contributed by atoms with van der Waals surface area (Å²) in [6.07, 6.45) is 12.1. The van der Waals surface area contributed by atoms with Crippen molar-refractivity contribution in [3.05, 3.63) is 24.0 Å². The van der Waals surface area contributed by atoms with Crippen LogP contribution in [-0.4, -0.2) is 22.3 Å². The second-order valence-electron chi connectivity index (χ2n) is 8.48. The molecular weight excluding hydrogens is 272 g/mol. The summed E-state index contributed by atoms with van der Waals surface area (Å²) < 4.78 is 0. The van der Waals surface area contributed by atoms with Crippen LogP contribution in [0.3, 0.4) is 0 Å². The lowest BCUT2D eigenvalue weighted by Gasteiger charge is -2.56. The van der Waals surface area contributed by atoms with Crippen LogP contribution >= 0.6 is 0 Å². The number of nitrogens with zero attached hydrogens (tertiary/aromatic N) is 1. The van der Waals surface area contributed by atoms with Crippen molar-refractivity contribution in [2.24, 2.45) is 23.2 Å². The van der Waals surface area contributed by atoms with Crippen molar-refractivity contribution in [1.29, 1.82) is 0 Å². The second-order valence-corrected chi connectivity index (χ2v) is 8.48. The average Bonchev–Trinajstić information content (AvgIpc) is 3.16. The summed E-state index contributed by atoms with van der Waals surface area (Å²) in [6.45, 7) is 0.963. The van der Waals surface area contributed by atoms with Gasteiger partial charge in [-0.05, 0) is 81.3 Å². The molecule has 0 spiro atoms. The zero-order valence-corrected chi connectivity index (χ0v) is 13.3. The molecule has 0 aromatic carbocycles. The lowest BCUT2D eigenvalue weighted by Crippen LogP contribution is -2.54. The largest absolute Gasteiger partial charge is 0.363 e. The summed E-state index contributed by atoms with van der Waals surface area (Å²) in [5.74, 6) is 3.05. The number of carbonyl (C=O) groups excluding carboxylic acids is 1. The molecule has 1 aromatic heterocycles. The number of aromatic amines is 1. The number of H-pyrrole nitrogens is 1. The number of rotatable bonds is 2. The maximum absolute atomic E-state index is 13.5. The van der Waals surface area contributed by atoms with E-state index in [9.17, 15) is 4.79 Å². The highest BCUT2D eigenvalue weighted by Gasteiger charge is 2.56. The zero-order valence-electron chi connectivity index (χ0n) is 13.3. The molecule has 1 aliphatic heterocycles. The fourth-order valence-corrected chi connectivity index (χ4v) is 6.56. The average molecular weight is 298 g/mol. The van der Waals surface area contributed by atoms with E-state index in [2.05, 4.69) is 22.0 Å². The molecule has 4 aliphatic carbocycles. The summed E-state index contributed by atoms with van der Waals surface area (Å²) in [5, 5.41) is 0. The van der Waals surface area contributed by atoms with E-state index < -0.39 is 0 Å². The standard InChI is InChI=1S/C19H26N2O/c22-18(21-6-2-4-17(21)16-3-1-5-20-16)19-10-13-7-14(11-19)9-15(8-13)12-19/h1,3,5,13-15,17,20H,2,4,6-12H2. The van der Waals surface area contributed by atoms with Gasteiger partial charge in [-0.3, -0.25) is 4.79 Å². The Balaban J connectivity index is 1.44. The second kappa shape index (κ2) is 4.62. The van der Waals surface area contributed by atoms with Gasteiger partial charge < -0.3 is 9.88 Å². The van der Waals surface area contributed by atoms with Crippen LogP contribution in [0.4, 0.5) is 0 Å². The SMILES string of the molecule is O=C(N1CCCC1c1ccc[nH]1)C12CC3CC(CC(C3)C1)C2. The van der Waals surface area contributed by atoms with Gasteiger partial charge in [0.2, 0.25) is 5.91 Å². The topological polar surface area (TPSA) is 36.1 Å². The van der Waals surface area contributed by atoms with Crippen molar-refractivity contribution in [1.82, 2.24) is 9.88 Å². The fraction of sp³-hybridized carbons (Fsp3) is 0.737. The third-order valence-electron chi connectivity index (χ3n) is 6.99. The minimum absolute atomic E-state index is 0.0178. The molecule has 3 nitrogen and oxygen atoms in total. The predicted molar refractivity (Wildman–Crippen MR) is 85.1 cm³/mol. The maximum Gasteiger partial charge on any atom is 0.229 e. The number of nitrogens with one attached hydrogen (secondary N) is 1. The van der Waals surface area contributed by atoms with Crippen LogP contribution in [0.1, 0.15) is 63.1 Å². The van der Waals surface area contributed by atoms with E-state index >= 15 is 0 Å². The first-order valence-electron chi connectivity index (χ1n) is 9.18. The van der Waals surface area contributed by atoms with E-state index in [1.54, 1.807) is 0 Å². The first-order valence-corrected chi connectivity index (χ1v) is 9.18. The van der Waals surface area contributed by atoms with Gasteiger partial charge in [-0.1, -0.05) is 0 Å². The Morgan fingerprint density at radius 1 is 1.14 bits per heavy atom. The van der Waals surface area contributed by atoms with Gasteiger partial charge in [0, 0.05) is 18.4 Å². The van der Waals surface area contributed by atoms with E-state index in [0.717, 1.165) is 37.1 Å². The predicted octanol–water partition coefficient (Wildman–Crippen LogP) is 3.89. The Labute approximate surface area is 132 Å². The molecule has 1 aromatic rings. The molecule has 2 heterocycles. The van der Waals surface area contributed by atoms with E-state index in [1.165, 1.54) is 44.2 Å². The molecule has 22 heavy (non-hydrogen) atoms. The number of aromatic nitrogens is 1. The molecular formula is C19H26N2O. The highest BCUT2D eigenvalue weighted by Crippen LogP contribution is 2.61. The van der Waals surface area contributed by atoms with Crippen LogP contribution in [-0.2, 0) is 4.79 Å². The normalized spacial score (nSPS) is 43.0. The van der Waals surface area contributed by atoms with Gasteiger partial charge in [0.15, 0.2) is 0 Å². The van der Waals surface area contributed by atoms with E-state index in [4.69, 9.17) is 0 Å². The minimum atomic E-state index is 0.0178. The zero-order chi connectivity index (χ0) is 14.7. The summed E-state index contributed by atoms with van der Waals surface area (Å²) >= 11 is 0. The highest BCUT2D eigenvalue weighted by atomic mass is 16.2. The van der Waals surface area contributed by atoms with Crippen molar-refractivity contribution in [2.45, 2.75) is 57.4 Å². The van der Waals surface area contributed by atoms with Gasteiger partial charge in [-0.15, -0.1) is 0 Å². The molecule has 4 bridgehead atoms. The molecule has 118 valence electrons. The Kier molecular flexibility index (Phi) is 2.78. The van der Waals surface area contributed by atoms with E-state index in [1.807, 2.05) is 6.20 Å². The van der Waals surface area contributed by atoms with Crippen molar-refractivity contribution < 1.29 is 4.79 Å². The van der Waals surface area contributed by atoms with Crippen LogP contribution in [0.5, 0.6) is 0 Å². The number of hydrogen-bond donors (Lipinski definition) is 1. The van der Waals surface area contributed by atoms with Crippen LogP contribution in [0.2, 0.25) is 0 Å². The van der Waals surface area contributed by atoms with Gasteiger partial charge in [-0.2, -0.15) is 0 Å². The first kappa shape index (κ1) is 13.2. The molecule has 3 heteroatoms. The molecule has 1 unspecified atom stereocenters. The van der Waals surface area contributed by atoms with Gasteiger partial charge in [0.25, 0.3) is 0 Å². The maximum atomic E-state index is 13.5. The minimum Gasteiger partial charge on any atom is -0.363 e. The van der Waals surface area contributed by atoms with Gasteiger partial charge in [-0.25, -0.2) is 0 Å². The van der Waals surface area contributed by atoms with E-state index in [-0.39, 0.29) is 5.41 Å². The molecule has 0 radical (unpaired) electrons. The third-order valence-corrected chi connectivity index (χ3v) is 6.99. The molecule has 1 saturated heterocycles. The van der Waals surface area contributed by atoms with E-state index in [0.29, 0.717) is 11.9 Å². The molecule has 1 atom stereocenters. The third kappa shape index (κ3) is 1.83. The quantitative estimate of drug-likeness (QED) is 0.883. The van der Waals surface area contributed by atoms with Crippen LogP contribution < -0.4 is 0 Å². The summed E-state index contributed by atoms with van der Waals surface area (Å²) in [7, 11) is 0. The number of carbonyl (C=O) groups is 1. The fourth-order valence-electron chi connectivity index (χ4n) is 6.56. The number of hydrogen-bond acceptors (Lipinski definition) is 1. The molecule has 5 aliphatic rings. The lowest BCUT2D eigenvalue weighted by atomic mass is 9.49. The van der Waals surface area contributed by atoms with Crippen LogP contribution in [0.25, 0.3) is 0 Å². The smallest absolute Gasteiger partial charge is 0.229 e. The summed E-state index contributed by atoms with van der Waals surface area (Å²) in [4.78, 5) is 19.1. The van der Waals surface area contributed by atoms with Gasteiger partial charge in [0.1, 0.15) is 0 Å². The van der Waals surface area contributed by atoms with Crippen molar-refractivity contribution >= 4 is 5.91 Å². The summed E-state index contributed by atoms with van der Waals surface area (Å²) in [5.41, 5.74) is 1.25. The van der Waals surface area contributed by atoms with Gasteiger partial charge >= 0.3 is 0 Å². The van der Waals surface area contributed by atoms with Crippen molar-refractivity contribution in [3.63, 3.8) is 0 Å². The number of amides is 1. The number of likely N-dealkylation sites (tertiary alicyclic amines) is 1. The van der Waals surface area contributed by atoms with Crippen molar-refractivity contribution in [2.75, 3.05) is 6.54 Å². The Morgan fingerprint density at radius 3 is 2.41 bits per heavy atom. The van der Waals surface area contributed by atoms with Crippen LogP contribution in [0, 0.1) is 23.2 Å². The summed E-state index contributed by atoms with van der Waals surface area (Å²) in [6, 6.07) is 4.51. The van der Waals surface area contributed by atoms with Crippen molar-refractivity contribution in [3.8, 4) is 0 Å². The Morgan fingerprint density at radius 2 is 1.82 bits per heavy atom. The molecule has 6 rings (SSSR count). The molecule has 4 saturated carbocycles. The Bertz CT molecular complexity index is 541. The molecule has 1 amide bonds. The van der Waals surface area contributed by atoms with Gasteiger partial charge in [0.05, 0.1) is 11.5 Å². The molecule has 1 N–H and O–H groups in total. The first-order chi connectivity index (χ1) is 10.7. The monoisotopic (exact) mass is 298 g/mol. The highest BCUT2D eigenvalue weighted by molar-refractivity contribution is 5.84. The van der Waals surface area contributed by atoms with Crippen LogP contribution in [0.15, 0.2) is 18.3 Å². The lowest BCUT2D eigenvalue weighted by molar-refractivity contribution is -0.158. The Hall–Kier alpha value is -1.25.